The highest BCUT2D eigenvalue weighted by atomic mass is 16.6. The molecule has 0 saturated heterocycles. The summed E-state index contributed by atoms with van der Waals surface area (Å²) < 4.78 is 0. The average Bonchev–Trinajstić information content (AvgIpc) is 2.46. The molecule has 0 unspecified atom stereocenters. The Morgan fingerprint density at radius 1 is 1.16 bits per heavy atom. The van der Waals surface area contributed by atoms with Crippen LogP contribution < -0.4 is 0 Å². The van der Waals surface area contributed by atoms with Gasteiger partial charge in [-0.3, -0.25) is 14.9 Å². The van der Waals surface area contributed by atoms with Crippen molar-refractivity contribution in [3.63, 3.8) is 0 Å². The number of nitrogens with zero attached hydrogens (tertiary/aromatic N) is 1. The number of benzene rings is 1. The number of hydrogen-bond donors (Lipinski definition) is 0. The summed E-state index contributed by atoms with van der Waals surface area (Å²) in [6.07, 6.45) is 6.33. The van der Waals surface area contributed by atoms with Gasteiger partial charge < -0.3 is 0 Å². The van der Waals surface area contributed by atoms with Gasteiger partial charge in [-0.05, 0) is 24.8 Å². The van der Waals surface area contributed by atoms with Gasteiger partial charge in [0.25, 0.3) is 0 Å². The highest BCUT2D eigenvalue weighted by Crippen LogP contribution is 2.26. The van der Waals surface area contributed by atoms with Crippen LogP contribution in [0, 0.1) is 16.0 Å². The van der Waals surface area contributed by atoms with E-state index in [4.69, 9.17) is 0 Å². The number of rotatable bonds is 4. The van der Waals surface area contributed by atoms with Crippen LogP contribution in [0.5, 0.6) is 0 Å². The second-order valence-corrected chi connectivity index (χ2v) is 4.94. The zero-order chi connectivity index (χ0) is 13.7. The van der Waals surface area contributed by atoms with Crippen molar-refractivity contribution in [2.45, 2.75) is 31.7 Å². The largest absolute Gasteiger partial charge is 0.289 e. The standard InChI is InChI=1S/C15H17NO3/c17-15(13-4-2-1-3-5-13)11-8-12-6-9-14(10-7-12)16(18)19/h1-5,8,11-12,14H,6-7,9-10H2/b11-8+. The molecular formula is C15H17NO3. The minimum absolute atomic E-state index is 0.00278. The Kier molecular flexibility index (Phi) is 4.44. The van der Waals surface area contributed by atoms with Gasteiger partial charge in [-0.2, -0.15) is 0 Å². The molecule has 1 aromatic rings. The predicted octanol–water partition coefficient (Wildman–Crippen LogP) is 3.26. The summed E-state index contributed by atoms with van der Waals surface area (Å²) in [6, 6.07) is 8.73. The Balaban J connectivity index is 1.87. The molecule has 0 heterocycles. The summed E-state index contributed by atoms with van der Waals surface area (Å²) in [5, 5.41) is 10.6. The molecule has 1 aromatic carbocycles. The smallest absolute Gasteiger partial charge is 0.213 e. The Labute approximate surface area is 112 Å². The normalized spacial score (nSPS) is 23.4. The van der Waals surface area contributed by atoms with Crippen molar-refractivity contribution >= 4 is 5.78 Å². The van der Waals surface area contributed by atoms with Gasteiger partial charge in [0, 0.05) is 23.3 Å². The molecule has 0 atom stereocenters. The van der Waals surface area contributed by atoms with E-state index >= 15 is 0 Å². The lowest BCUT2D eigenvalue weighted by atomic mass is 9.86. The molecule has 1 fully saturated rings. The lowest BCUT2D eigenvalue weighted by molar-refractivity contribution is -0.526. The molecule has 0 N–H and O–H groups in total. The first-order valence-electron chi connectivity index (χ1n) is 6.58. The Morgan fingerprint density at radius 2 is 1.79 bits per heavy atom. The van der Waals surface area contributed by atoms with Crippen LogP contribution in [0.3, 0.4) is 0 Å². The maximum atomic E-state index is 11.9. The van der Waals surface area contributed by atoms with Gasteiger partial charge in [-0.15, -0.1) is 0 Å². The van der Waals surface area contributed by atoms with Crippen LogP contribution in [0.2, 0.25) is 0 Å². The quantitative estimate of drug-likeness (QED) is 0.361. The van der Waals surface area contributed by atoms with Crippen molar-refractivity contribution in [1.29, 1.82) is 0 Å². The predicted molar refractivity (Wildman–Crippen MR) is 72.7 cm³/mol. The lowest BCUT2D eigenvalue weighted by Gasteiger charge is -2.21. The molecule has 0 aliphatic heterocycles. The summed E-state index contributed by atoms with van der Waals surface area (Å²) in [6.45, 7) is 0. The number of carbonyl (C=O) groups excluding carboxylic acids is 1. The number of allylic oxidation sites excluding steroid dienone is 2. The summed E-state index contributed by atoms with van der Waals surface area (Å²) in [7, 11) is 0. The molecule has 2 rings (SSSR count). The number of hydrogen-bond acceptors (Lipinski definition) is 3. The fourth-order valence-electron chi connectivity index (χ4n) is 2.43. The number of nitro groups is 1. The van der Waals surface area contributed by atoms with Gasteiger partial charge in [0.2, 0.25) is 6.04 Å². The molecule has 1 aliphatic carbocycles. The van der Waals surface area contributed by atoms with E-state index < -0.39 is 6.04 Å². The third kappa shape index (κ3) is 3.74. The Morgan fingerprint density at radius 3 is 2.37 bits per heavy atom. The van der Waals surface area contributed by atoms with E-state index in [1.807, 2.05) is 24.3 Å². The maximum Gasteiger partial charge on any atom is 0.213 e. The van der Waals surface area contributed by atoms with Crippen molar-refractivity contribution < 1.29 is 9.72 Å². The third-order valence-corrected chi connectivity index (χ3v) is 3.62. The molecule has 1 saturated carbocycles. The van der Waals surface area contributed by atoms with E-state index in [0.717, 1.165) is 12.8 Å². The first kappa shape index (κ1) is 13.5. The van der Waals surface area contributed by atoms with Gasteiger partial charge in [-0.25, -0.2) is 0 Å². The van der Waals surface area contributed by atoms with Gasteiger partial charge in [0.1, 0.15) is 0 Å². The highest BCUT2D eigenvalue weighted by molar-refractivity contribution is 6.04. The van der Waals surface area contributed by atoms with Crippen LogP contribution >= 0.6 is 0 Å². The third-order valence-electron chi connectivity index (χ3n) is 3.62. The van der Waals surface area contributed by atoms with Gasteiger partial charge >= 0.3 is 0 Å². The lowest BCUT2D eigenvalue weighted by Crippen LogP contribution is -2.25. The van der Waals surface area contributed by atoms with E-state index in [0.29, 0.717) is 24.3 Å². The molecule has 0 spiro atoms. The minimum atomic E-state index is -0.394. The summed E-state index contributed by atoms with van der Waals surface area (Å²) in [4.78, 5) is 22.3. The van der Waals surface area contributed by atoms with Crippen LogP contribution in [0.15, 0.2) is 42.5 Å². The molecule has 4 nitrogen and oxygen atoms in total. The SMILES string of the molecule is O=C(/C=C/C1CCC([N+](=O)[O-])CC1)c1ccccc1. The number of ketones is 1. The summed E-state index contributed by atoms with van der Waals surface area (Å²) in [5.41, 5.74) is 0.678. The van der Waals surface area contributed by atoms with E-state index in [1.165, 1.54) is 0 Å². The van der Waals surface area contributed by atoms with Gasteiger partial charge in [-0.1, -0.05) is 36.4 Å². The van der Waals surface area contributed by atoms with Gasteiger partial charge in [0.15, 0.2) is 5.78 Å². The number of carbonyl (C=O) groups is 1. The molecule has 0 bridgehead atoms. The molecular weight excluding hydrogens is 242 g/mol. The van der Waals surface area contributed by atoms with E-state index in [2.05, 4.69) is 0 Å². The van der Waals surface area contributed by atoms with E-state index in [9.17, 15) is 14.9 Å². The van der Waals surface area contributed by atoms with Crippen molar-refractivity contribution in [2.75, 3.05) is 0 Å². The Bertz CT molecular complexity index is 473. The van der Waals surface area contributed by atoms with Crippen molar-refractivity contribution in [3.8, 4) is 0 Å². The first-order valence-corrected chi connectivity index (χ1v) is 6.58. The second kappa shape index (κ2) is 6.27. The first-order chi connectivity index (χ1) is 9.16. The fourth-order valence-corrected chi connectivity index (χ4v) is 2.43. The van der Waals surface area contributed by atoms with Crippen molar-refractivity contribution in [2.24, 2.45) is 5.92 Å². The van der Waals surface area contributed by atoms with Crippen LogP contribution in [0.4, 0.5) is 0 Å². The van der Waals surface area contributed by atoms with Crippen LogP contribution in [-0.4, -0.2) is 16.7 Å². The van der Waals surface area contributed by atoms with Crippen molar-refractivity contribution in [1.82, 2.24) is 0 Å². The highest BCUT2D eigenvalue weighted by Gasteiger charge is 2.27. The molecule has 4 heteroatoms. The minimum Gasteiger partial charge on any atom is -0.289 e. The molecule has 0 amide bonds. The van der Waals surface area contributed by atoms with Crippen LogP contribution in [0.25, 0.3) is 0 Å². The summed E-state index contributed by atoms with van der Waals surface area (Å²) in [5.74, 6) is 0.292. The summed E-state index contributed by atoms with van der Waals surface area (Å²) >= 11 is 0. The van der Waals surface area contributed by atoms with Crippen LogP contribution in [0.1, 0.15) is 36.0 Å². The topological polar surface area (TPSA) is 60.2 Å². The average molecular weight is 259 g/mol. The van der Waals surface area contributed by atoms with Crippen LogP contribution in [-0.2, 0) is 0 Å². The monoisotopic (exact) mass is 259 g/mol. The zero-order valence-electron chi connectivity index (χ0n) is 10.7. The molecule has 0 radical (unpaired) electrons. The van der Waals surface area contributed by atoms with E-state index in [-0.39, 0.29) is 10.7 Å². The van der Waals surface area contributed by atoms with E-state index in [1.54, 1.807) is 18.2 Å². The molecule has 19 heavy (non-hydrogen) atoms. The Hall–Kier alpha value is -1.97. The van der Waals surface area contributed by atoms with Gasteiger partial charge in [0.05, 0.1) is 0 Å². The second-order valence-electron chi connectivity index (χ2n) is 4.94. The fraction of sp³-hybridized carbons (Fsp3) is 0.400. The molecule has 1 aliphatic rings. The maximum absolute atomic E-state index is 11.9. The molecule has 100 valence electrons. The van der Waals surface area contributed by atoms with Crippen molar-refractivity contribution in [3.05, 3.63) is 58.2 Å². The zero-order valence-corrected chi connectivity index (χ0v) is 10.7. The molecule has 0 aromatic heterocycles.